The van der Waals surface area contributed by atoms with Crippen LogP contribution >= 0.6 is 0 Å². The number of benzene rings is 1. The molecule has 0 radical (unpaired) electrons. The molecular formula is C20H25N5O3. The van der Waals surface area contributed by atoms with Gasteiger partial charge in [-0.25, -0.2) is 9.59 Å². The van der Waals surface area contributed by atoms with Gasteiger partial charge in [-0.3, -0.25) is 4.98 Å². The Hall–Kier alpha value is -3.29. The van der Waals surface area contributed by atoms with Gasteiger partial charge in [0.05, 0.1) is 17.6 Å². The monoisotopic (exact) mass is 383 g/mol. The van der Waals surface area contributed by atoms with Gasteiger partial charge >= 0.3 is 11.7 Å². The van der Waals surface area contributed by atoms with Gasteiger partial charge in [0.15, 0.2) is 0 Å². The van der Waals surface area contributed by atoms with Crippen molar-refractivity contribution in [3.05, 3.63) is 52.6 Å². The average Bonchev–Trinajstić information content (AvgIpc) is 3.07. The van der Waals surface area contributed by atoms with Crippen LogP contribution in [-0.4, -0.2) is 47.8 Å². The topological polar surface area (TPSA) is 92.2 Å². The van der Waals surface area contributed by atoms with Crippen molar-refractivity contribution in [2.45, 2.75) is 19.9 Å². The molecule has 0 saturated heterocycles. The van der Waals surface area contributed by atoms with Gasteiger partial charge in [0.2, 0.25) is 0 Å². The molecule has 1 aromatic carbocycles. The molecule has 2 heterocycles. The Morgan fingerprint density at radius 1 is 1.25 bits per heavy atom. The Morgan fingerprint density at radius 2 is 2.00 bits per heavy atom. The molecule has 0 aliphatic rings. The van der Waals surface area contributed by atoms with Crippen LogP contribution in [0.2, 0.25) is 0 Å². The molecule has 0 aliphatic carbocycles. The number of nitrogens with one attached hydrogen (secondary N) is 2. The van der Waals surface area contributed by atoms with Crippen molar-refractivity contribution in [1.82, 2.24) is 14.5 Å². The lowest BCUT2D eigenvalue weighted by Gasteiger charge is -2.12. The van der Waals surface area contributed by atoms with Crippen molar-refractivity contribution in [3.8, 4) is 0 Å². The molecule has 28 heavy (non-hydrogen) atoms. The van der Waals surface area contributed by atoms with Crippen molar-refractivity contribution >= 4 is 28.5 Å². The molecule has 2 N–H and O–H groups in total. The molecule has 0 unspecified atom stereocenters. The molecule has 0 fully saturated rings. The fourth-order valence-electron chi connectivity index (χ4n) is 3.03. The number of ether oxygens (including phenoxy) is 1. The zero-order valence-corrected chi connectivity index (χ0v) is 16.4. The quantitative estimate of drug-likeness (QED) is 0.459. The van der Waals surface area contributed by atoms with Crippen LogP contribution in [-0.2, 0) is 11.3 Å². The highest BCUT2D eigenvalue weighted by Gasteiger charge is 2.11. The first-order chi connectivity index (χ1) is 13.5. The number of aromatic amines is 1. The Morgan fingerprint density at radius 3 is 2.68 bits per heavy atom. The van der Waals surface area contributed by atoms with E-state index in [0.29, 0.717) is 18.0 Å². The SMILES string of the molecule is CCOC(=O)c1ccc(NCCCn2ccc3c(N(C)C)nc(=O)[nH]c32)cc1. The van der Waals surface area contributed by atoms with Gasteiger partial charge in [-0.05, 0) is 43.7 Å². The molecule has 0 amide bonds. The van der Waals surface area contributed by atoms with Crippen LogP contribution in [0.15, 0.2) is 41.3 Å². The molecule has 8 nitrogen and oxygen atoms in total. The summed E-state index contributed by atoms with van der Waals surface area (Å²) in [5.41, 5.74) is 1.91. The fourth-order valence-corrected chi connectivity index (χ4v) is 3.03. The van der Waals surface area contributed by atoms with Gasteiger partial charge in [-0.15, -0.1) is 0 Å². The molecule has 2 aromatic heterocycles. The zero-order valence-electron chi connectivity index (χ0n) is 16.4. The summed E-state index contributed by atoms with van der Waals surface area (Å²) in [4.78, 5) is 32.2. The maximum absolute atomic E-state index is 11.8. The highest BCUT2D eigenvalue weighted by atomic mass is 16.5. The van der Waals surface area contributed by atoms with Crippen LogP contribution in [0.5, 0.6) is 0 Å². The summed E-state index contributed by atoms with van der Waals surface area (Å²) in [7, 11) is 3.74. The van der Waals surface area contributed by atoms with E-state index in [0.717, 1.165) is 36.2 Å². The van der Waals surface area contributed by atoms with Crippen LogP contribution in [0, 0.1) is 0 Å². The van der Waals surface area contributed by atoms with Crippen LogP contribution < -0.4 is 15.9 Å². The lowest BCUT2D eigenvalue weighted by atomic mass is 10.2. The van der Waals surface area contributed by atoms with Gasteiger partial charge < -0.3 is 19.5 Å². The van der Waals surface area contributed by atoms with Crippen molar-refractivity contribution in [2.24, 2.45) is 0 Å². The molecule has 3 aromatic rings. The third-order valence-electron chi connectivity index (χ3n) is 4.36. The number of carbonyl (C=O) groups is 1. The predicted octanol–water partition coefficient (Wildman–Crippen LogP) is 2.47. The molecule has 8 heteroatoms. The molecule has 0 saturated carbocycles. The molecule has 0 aliphatic heterocycles. The normalized spacial score (nSPS) is 10.8. The maximum Gasteiger partial charge on any atom is 0.348 e. The molecule has 0 spiro atoms. The van der Waals surface area contributed by atoms with Crippen LogP contribution in [0.1, 0.15) is 23.7 Å². The van der Waals surface area contributed by atoms with Gasteiger partial charge in [0, 0.05) is 39.1 Å². The minimum atomic E-state index is -0.351. The van der Waals surface area contributed by atoms with Crippen molar-refractivity contribution in [2.75, 3.05) is 37.5 Å². The van der Waals surface area contributed by atoms with E-state index in [4.69, 9.17) is 4.74 Å². The Kier molecular flexibility index (Phi) is 5.98. The van der Waals surface area contributed by atoms with Crippen LogP contribution in [0.25, 0.3) is 11.0 Å². The molecule has 148 valence electrons. The van der Waals surface area contributed by atoms with E-state index in [1.807, 2.05) is 48.0 Å². The summed E-state index contributed by atoms with van der Waals surface area (Å²) in [5, 5.41) is 4.26. The first-order valence-electron chi connectivity index (χ1n) is 9.27. The predicted molar refractivity (Wildman–Crippen MR) is 110 cm³/mol. The number of H-pyrrole nitrogens is 1. The summed E-state index contributed by atoms with van der Waals surface area (Å²) < 4.78 is 7.00. The minimum Gasteiger partial charge on any atom is -0.462 e. The van der Waals surface area contributed by atoms with E-state index in [9.17, 15) is 9.59 Å². The second kappa shape index (κ2) is 8.60. The second-order valence-electron chi connectivity index (χ2n) is 6.61. The number of aryl methyl sites for hydroxylation is 1. The lowest BCUT2D eigenvalue weighted by Crippen LogP contribution is -2.19. The Balaban J connectivity index is 1.58. The van der Waals surface area contributed by atoms with E-state index in [1.165, 1.54) is 0 Å². The van der Waals surface area contributed by atoms with Gasteiger partial charge in [-0.1, -0.05) is 0 Å². The van der Waals surface area contributed by atoms with E-state index in [1.54, 1.807) is 19.1 Å². The number of hydrogen-bond acceptors (Lipinski definition) is 6. The van der Waals surface area contributed by atoms with Crippen molar-refractivity contribution in [1.29, 1.82) is 0 Å². The number of fused-ring (bicyclic) bond motifs is 1. The van der Waals surface area contributed by atoms with E-state index in [-0.39, 0.29) is 11.7 Å². The highest BCUT2D eigenvalue weighted by molar-refractivity contribution is 5.89. The number of nitrogens with zero attached hydrogens (tertiary/aromatic N) is 3. The molecule has 0 atom stereocenters. The number of anilines is 2. The van der Waals surface area contributed by atoms with Gasteiger partial charge in [0.1, 0.15) is 11.5 Å². The summed E-state index contributed by atoms with van der Waals surface area (Å²) in [6, 6.07) is 9.20. The van der Waals surface area contributed by atoms with Gasteiger partial charge in [-0.2, -0.15) is 4.98 Å². The smallest absolute Gasteiger partial charge is 0.348 e. The number of hydrogen-bond donors (Lipinski definition) is 2. The van der Waals surface area contributed by atoms with Crippen molar-refractivity contribution < 1.29 is 9.53 Å². The number of rotatable bonds is 8. The second-order valence-corrected chi connectivity index (χ2v) is 6.61. The van der Waals surface area contributed by atoms with E-state index >= 15 is 0 Å². The number of carbonyl (C=O) groups excluding carboxylic acids is 1. The van der Waals surface area contributed by atoms with Crippen LogP contribution in [0.4, 0.5) is 11.5 Å². The summed E-state index contributed by atoms with van der Waals surface area (Å²) in [6.45, 7) is 3.66. The maximum atomic E-state index is 11.8. The van der Waals surface area contributed by atoms with E-state index in [2.05, 4.69) is 15.3 Å². The summed E-state index contributed by atoms with van der Waals surface area (Å²) in [5.74, 6) is 0.353. The number of aromatic nitrogens is 3. The number of esters is 1. The first kappa shape index (κ1) is 19.5. The standard InChI is InChI=1S/C20H25N5O3/c1-4-28-19(26)14-6-8-15(9-7-14)21-11-5-12-25-13-10-16-17(24(2)3)22-20(27)23-18(16)25/h6-10,13,21H,4-5,11-12H2,1-3H3,(H,22,23,27). The average molecular weight is 383 g/mol. The summed E-state index contributed by atoms with van der Waals surface area (Å²) in [6.07, 6.45) is 2.83. The van der Waals surface area contributed by atoms with Crippen molar-refractivity contribution in [3.63, 3.8) is 0 Å². The summed E-state index contributed by atoms with van der Waals surface area (Å²) >= 11 is 0. The third-order valence-corrected chi connectivity index (χ3v) is 4.36. The molecule has 3 rings (SSSR count). The largest absolute Gasteiger partial charge is 0.462 e. The van der Waals surface area contributed by atoms with Crippen LogP contribution in [0.3, 0.4) is 0 Å². The molecular weight excluding hydrogens is 358 g/mol. The van der Waals surface area contributed by atoms with Gasteiger partial charge in [0.25, 0.3) is 0 Å². The third kappa shape index (κ3) is 4.33. The first-order valence-corrected chi connectivity index (χ1v) is 9.27. The Labute approximate surface area is 163 Å². The zero-order chi connectivity index (χ0) is 20.1. The van der Waals surface area contributed by atoms with E-state index < -0.39 is 0 Å². The molecule has 0 bridgehead atoms. The Bertz CT molecular complexity index is 1000. The highest BCUT2D eigenvalue weighted by Crippen LogP contribution is 2.21. The lowest BCUT2D eigenvalue weighted by molar-refractivity contribution is 0.0526. The minimum absolute atomic E-state index is 0.311. The fraction of sp³-hybridized carbons (Fsp3) is 0.350.